The molecule has 31 heavy (non-hydrogen) atoms. The molecule has 4 nitrogen and oxygen atoms in total. The van der Waals surface area contributed by atoms with Crippen LogP contribution in [0.3, 0.4) is 0 Å². The van der Waals surface area contributed by atoms with Gasteiger partial charge in [-0.1, -0.05) is 55.0 Å². The quantitative estimate of drug-likeness (QED) is 0.421. The molecule has 0 spiro atoms. The molecule has 0 bridgehead atoms. The van der Waals surface area contributed by atoms with Gasteiger partial charge in [0.1, 0.15) is 16.5 Å². The van der Waals surface area contributed by atoms with Crippen molar-refractivity contribution in [2.45, 2.75) is 26.7 Å². The van der Waals surface area contributed by atoms with Gasteiger partial charge in [0, 0.05) is 43.2 Å². The van der Waals surface area contributed by atoms with Crippen molar-refractivity contribution < 1.29 is 0 Å². The summed E-state index contributed by atoms with van der Waals surface area (Å²) in [5.74, 6) is 2.02. The third kappa shape index (κ3) is 4.28. The molecule has 2 aromatic heterocycles. The monoisotopic (exact) mass is 428 g/mol. The predicted molar refractivity (Wildman–Crippen MR) is 132 cm³/mol. The Morgan fingerprint density at radius 2 is 1.58 bits per heavy atom. The van der Waals surface area contributed by atoms with Gasteiger partial charge in [-0.2, -0.15) is 0 Å². The molecule has 1 fully saturated rings. The van der Waals surface area contributed by atoms with E-state index in [0.29, 0.717) is 0 Å². The highest BCUT2D eigenvalue weighted by Crippen LogP contribution is 2.32. The Kier molecular flexibility index (Phi) is 5.60. The molecule has 0 radical (unpaired) electrons. The third-order valence-corrected chi connectivity index (χ3v) is 7.18. The number of aryl methyl sites for hydroxylation is 2. The number of fused-ring (bicyclic) bond motifs is 1. The second kappa shape index (κ2) is 8.67. The molecular formula is C26H28N4S. The van der Waals surface area contributed by atoms with E-state index in [0.717, 1.165) is 55.5 Å². The van der Waals surface area contributed by atoms with E-state index in [1.165, 1.54) is 27.1 Å². The highest BCUT2D eigenvalue weighted by Gasteiger charge is 2.22. The Hall–Kier alpha value is -2.92. The summed E-state index contributed by atoms with van der Waals surface area (Å²) in [6, 6.07) is 21.7. The van der Waals surface area contributed by atoms with Crippen LogP contribution in [-0.4, -0.2) is 36.1 Å². The van der Waals surface area contributed by atoms with Crippen LogP contribution in [-0.2, 0) is 12.8 Å². The van der Waals surface area contributed by atoms with Gasteiger partial charge in [-0.3, -0.25) is 0 Å². The highest BCUT2D eigenvalue weighted by atomic mass is 32.1. The van der Waals surface area contributed by atoms with E-state index in [1.54, 1.807) is 0 Å². The van der Waals surface area contributed by atoms with Crippen molar-refractivity contribution in [2.24, 2.45) is 0 Å². The van der Waals surface area contributed by atoms with Crippen LogP contribution in [0.5, 0.6) is 0 Å². The molecule has 4 aromatic rings. The topological polar surface area (TPSA) is 32.3 Å². The smallest absolute Gasteiger partial charge is 0.141 e. The second-order valence-electron chi connectivity index (χ2n) is 8.22. The summed E-state index contributed by atoms with van der Waals surface area (Å²) in [5.41, 5.74) is 3.87. The molecule has 0 amide bonds. The molecular weight excluding hydrogens is 400 g/mol. The van der Waals surface area contributed by atoms with Gasteiger partial charge in [0.2, 0.25) is 0 Å². The number of hydrogen-bond acceptors (Lipinski definition) is 5. The maximum absolute atomic E-state index is 5.08. The van der Waals surface area contributed by atoms with Gasteiger partial charge in [-0.15, -0.1) is 11.3 Å². The van der Waals surface area contributed by atoms with Gasteiger partial charge in [0.25, 0.3) is 0 Å². The summed E-state index contributed by atoms with van der Waals surface area (Å²) in [4.78, 5) is 17.4. The summed E-state index contributed by atoms with van der Waals surface area (Å²) < 4.78 is 0. The largest absolute Gasteiger partial charge is 0.368 e. The second-order valence-corrected chi connectivity index (χ2v) is 9.34. The van der Waals surface area contributed by atoms with E-state index >= 15 is 0 Å². The van der Waals surface area contributed by atoms with Crippen LogP contribution >= 0.6 is 11.3 Å². The normalized spacial score (nSPS) is 14.4. The van der Waals surface area contributed by atoms with Crippen molar-refractivity contribution in [3.05, 3.63) is 82.5 Å². The Balaban J connectivity index is 1.42. The Morgan fingerprint density at radius 3 is 2.29 bits per heavy atom. The fraction of sp³-hybridized carbons (Fsp3) is 0.308. The number of benzene rings is 2. The SMILES string of the molecule is CCc1cc2c(N3CCN(c4ccc(C)cc4)CC3)nc(Cc3ccccc3)nc2s1. The molecule has 3 heterocycles. The molecule has 0 N–H and O–H groups in total. The van der Waals surface area contributed by atoms with Crippen molar-refractivity contribution in [3.8, 4) is 0 Å². The lowest BCUT2D eigenvalue weighted by Gasteiger charge is -2.37. The standard InChI is InChI=1S/C26H28N4S/c1-3-22-18-23-25(27-24(28-26(23)31-22)17-20-7-5-4-6-8-20)30-15-13-29(14-16-30)21-11-9-19(2)10-12-21/h4-12,18H,3,13-17H2,1-2H3. The summed E-state index contributed by atoms with van der Waals surface area (Å²) in [7, 11) is 0. The van der Waals surface area contributed by atoms with Crippen molar-refractivity contribution in [2.75, 3.05) is 36.0 Å². The van der Waals surface area contributed by atoms with E-state index in [-0.39, 0.29) is 0 Å². The molecule has 1 aliphatic rings. The molecule has 5 heteroatoms. The number of hydrogen-bond donors (Lipinski definition) is 0. The lowest BCUT2D eigenvalue weighted by atomic mass is 10.1. The lowest BCUT2D eigenvalue weighted by Crippen LogP contribution is -2.47. The zero-order valence-electron chi connectivity index (χ0n) is 18.2. The first-order valence-electron chi connectivity index (χ1n) is 11.1. The van der Waals surface area contributed by atoms with E-state index < -0.39 is 0 Å². The zero-order chi connectivity index (χ0) is 21.2. The minimum Gasteiger partial charge on any atom is -0.368 e. The van der Waals surface area contributed by atoms with Crippen molar-refractivity contribution in [1.82, 2.24) is 9.97 Å². The molecule has 0 unspecified atom stereocenters. The van der Waals surface area contributed by atoms with Crippen molar-refractivity contribution in [3.63, 3.8) is 0 Å². The van der Waals surface area contributed by atoms with Crippen LogP contribution in [0.1, 0.15) is 28.8 Å². The maximum atomic E-state index is 5.08. The van der Waals surface area contributed by atoms with Crippen LogP contribution in [0.2, 0.25) is 0 Å². The van der Waals surface area contributed by atoms with Gasteiger partial charge in [0.15, 0.2) is 0 Å². The molecule has 0 atom stereocenters. The summed E-state index contributed by atoms with van der Waals surface area (Å²) in [5, 5.41) is 1.21. The number of rotatable bonds is 5. The van der Waals surface area contributed by atoms with Gasteiger partial charge in [-0.05, 0) is 37.1 Å². The van der Waals surface area contributed by atoms with Crippen molar-refractivity contribution in [1.29, 1.82) is 0 Å². The Bertz CT molecular complexity index is 1160. The molecule has 5 rings (SSSR count). The zero-order valence-corrected chi connectivity index (χ0v) is 19.0. The van der Waals surface area contributed by atoms with Gasteiger partial charge >= 0.3 is 0 Å². The Labute approximate surface area is 188 Å². The summed E-state index contributed by atoms with van der Waals surface area (Å²) >= 11 is 1.81. The maximum Gasteiger partial charge on any atom is 0.141 e. The summed E-state index contributed by atoms with van der Waals surface area (Å²) in [6.45, 7) is 8.31. The first-order chi connectivity index (χ1) is 15.2. The van der Waals surface area contributed by atoms with E-state index in [2.05, 4.69) is 84.3 Å². The van der Waals surface area contributed by atoms with Crippen LogP contribution in [0.4, 0.5) is 11.5 Å². The average molecular weight is 429 g/mol. The highest BCUT2D eigenvalue weighted by molar-refractivity contribution is 7.18. The summed E-state index contributed by atoms with van der Waals surface area (Å²) in [6.07, 6.45) is 1.81. The van der Waals surface area contributed by atoms with Crippen LogP contribution in [0.15, 0.2) is 60.7 Å². The van der Waals surface area contributed by atoms with E-state index in [9.17, 15) is 0 Å². The van der Waals surface area contributed by atoms with Gasteiger partial charge in [0.05, 0.1) is 5.39 Å². The fourth-order valence-electron chi connectivity index (χ4n) is 4.20. The predicted octanol–water partition coefficient (Wildman–Crippen LogP) is 5.48. The van der Waals surface area contributed by atoms with Gasteiger partial charge in [-0.25, -0.2) is 9.97 Å². The first-order valence-corrected chi connectivity index (χ1v) is 11.9. The third-order valence-electron chi connectivity index (χ3n) is 6.00. The Morgan fingerprint density at radius 1 is 0.871 bits per heavy atom. The van der Waals surface area contributed by atoms with Crippen LogP contribution in [0.25, 0.3) is 10.2 Å². The number of anilines is 2. The molecule has 1 aliphatic heterocycles. The number of nitrogens with zero attached hydrogens (tertiary/aromatic N) is 4. The molecule has 1 saturated heterocycles. The number of piperazine rings is 1. The van der Waals surface area contributed by atoms with Crippen molar-refractivity contribution >= 4 is 33.1 Å². The minimum absolute atomic E-state index is 0.770. The molecule has 0 aliphatic carbocycles. The van der Waals surface area contributed by atoms with Crippen LogP contribution < -0.4 is 9.80 Å². The van der Waals surface area contributed by atoms with Gasteiger partial charge < -0.3 is 9.80 Å². The first kappa shape index (κ1) is 20.0. The minimum atomic E-state index is 0.770. The van der Waals surface area contributed by atoms with E-state index in [1.807, 2.05) is 11.3 Å². The average Bonchev–Trinajstić information content (AvgIpc) is 3.23. The molecule has 0 saturated carbocycles. The molecule has 158 valence electrons. The fourth-order valence-corrected chi connectivity index (χ4v) is 5.18. The number of aromatic nitrogens is 2. The van der Waals surface area contributed by atoms with Crippen LogP contribution in [0, 0.1) is 6.92 Å². The van der Waals surface area contributed by atoms with E-state index in [4.69, 9.17) is 9.97 Å². The number of thiophene rings is 1. The lowest BCUT2D eigenvalue weighted by molar-refractivity contribution is 0.647. The molecule has 2 aromatic carbocycles.